The van der Waals surface area contributed by atoms with Crippen molar-refractivity contribution < 1.29 is 5.11 Å². The first kappa shape index (κ1) is 8.97. The largest absolute Gasteiger partial charge is 0.381 e. The summed E-state index contributed by atoms with van der Waals surface area (Å²) in [4.78, 5) is 6.57. The number of aliphatic hydroxyl groups excluding tert-OH is 1. The number of imidazole rings is 1. The molecule has 1 atom stereocenters. The molecule has 0 saturated heterocycles. The van der Waals surface area contributed by atoms with Crippen molar-refractivity contribution in [1.29, 1.82) is 0 Å². The second-order valence-corrected chi connectivity index (χ2v) is 1.65. The van der Waals surface area contributed by atoms with E-state index in [1.807, 2.05) is 0 Å². The maximum atomic E-state index is 9.01. The Morgan fingerprint density at radius 3 is 2.90 bits per heavy atom. The van der Waals surface area contributed by atoms with Crippen LogP contribution in [0.3, 0.4) is 0 Å². The highest BCUT2D eigenvalue weighted by atomic mass is 16.3. The molecule has 1 aromatic rings. The minimum absolute atomic E-state index is 0. The SMILES string of the molecule is C=CC(O)c1ncc[nH]1.[B]. The van der Waals surface area contributed by atoms with Crippen molar-refractivity contribution in [2.24, 2.45) is 0 Å². The fourth-order valence-corrected chi connectivity index (χ4v) is 0.551. The van der Waals surface area contributed by atoms with Gasteiger partial charge in [-0.25, -0.2) is 4.98 Å². The Balaban J connectivity index is 0.000000810. The molecule has 3 nitrogen and oxygen atoms in total. The van der Waals surface area contributed by atoms with Crippen LogP contribution < -0.4 is 0 Å². The van der Waals surface area contributed by atoms with E-state index in [2.05, 4.69) is 16.5 Å². The number of aliphatic hydroxyl groups is 1. The van der Waals surface area contributed by atoms with Crippen molar-refractivity contribution in [1.82, 2.24) is 9.97 Å². The average molecular weight is 135 g/mol. The number of hydrogen-bond donors (Lipinski definition) is 2. The van der Waals surface area contributed by atoms with Gasteiger partial charge in [0.2, 0.25) is 0 Å². The minimum Gasteiger partial charge on any atom is -0.381 e. The number of hydrogen-bond acceptors (Lipinski definition) is 2. The Labute approximate surface area is 61.4 Å². The normalized spacial score (nSPS) is 11.7. The summed E-state index contributed by atoms with van der Waals surface area (Å²) in [6.45, 7) is 3.41. The van der Waals surface area contributed by atoms with Crippen molar-refractivity contribution >= 4 is 8.41 Å². The molecule has 1 heterocycles. The third-order valence-corrected chi connectivity index (χ3v) is 1.02. The number of nitrogens with zero attached hydrogens (tertiary/aromatic N) is 1. The summed E-state index contributed by atoms with van der Waals surface area (Å²) in [5, 5.41) is 9.01. The predicted molar refractivity (Wildman–Crippen MR) is 39.5 cm³/mol. The van der Waals surface area contributed by atoms with Crippen molar-refractivity contribution in [2.45, 2.75) is 6.10 Å². The lowest BCUT2D eigenvalue weighted by Gasteiger charge is -1.96. The molecule has 0 bridgehead atoms. The zero-order valence-electron chi connectivity index (χ0n) is 5.49. The van der Waals surface area contributed by atoms with Gasteiger partial charge in [0.25, 0.3) is 0 Å². The number of rotatable bonds is 2. The minimum atomic E-state index is -0.667. The third-order valence-electron chi connectivity index (χ3n) is 1.02. The molecule has 0 amide bonds. The van der Waals surface area contributed by atoms with Crippen LogP contribution >= 0.6 is 0 Å². The number of H-pyrrole nitrogens is 1. The van der Waals surface area contributed by atoms with Gasteiger partial charge < -0.3 is 10.1 Å². The second kappa shape index (κ2) is 3.90. The lowest BCUT2D eigenvalue weighted by molar-refractivity contribution is 0.219. The first-order valence-electron chi connectivity index (χ1n) is 2.64. The first-order valence-corrected chi connectivity index (χ1v) is 2.64. The van der Waals surface area contributed by atoms with E-state index in [0.29, 0.717) is 5.82 Å². The Morgan fingerprint density at radius 2 is 2.50 bits per heavy atom. The van der Waals surface area contributed by atoms with Crippen LogP contribution in [0.2, 0.25) is 0 Å². The van der Waals surface area contributed by atoms with Gasteiger partial charge in [0.05, 0.1) is 0 Å². The lowest BCUT2D eigenvalue weighted by Crippen LogP contribution is -1.93. The number of aromatic nitrogens is 2. The Morgan fingerprint density at radius 1 is 1.80 bits per heavy atom. The van der Waals surface area contributed by atoms with Crippen LogP contribution in [0.1, 0.15) is 11.9 Å². The monoisotopic (exact) mass is 135 g/mol. The van der Waals surface area contributed by atoms with Gasteiger partial charge in [-0.2, -0.15) is 0 Å². The van der Waals surface area contributed by atoms with Gasteiger partial charge in [0, 0.05) is 20.8 Å². The van der Waals surface area contributed by atoms with Crippen molar-refractivity contribution in [3.05, 3.63) is 30.9 Å². The summed E-state index contributed by atoms with van der Waals surface area (Å²) < 4.78 is 0. The van der Waals surface area contributed by atoms with Crippen molar-refractivity contribution in [3.63, 3.8) is 0 Å². The van der Waals surface area contributed by atoms with Crippen LogP contribution in [0.5, 0.6) is 0 Å². The van der Waals surface area contributed by atoms with E-state index >= 15 is 0 Å². The van der Waals surface area contributed by atoms with Gasteiger partial charge in [-0.1, -0.05) is 6.08 Å². The van der Waals surface area contributed by atoms with Gasteiger partial charge in [0.1, 0.15) is 11.9 Å². The van der Waals surface area contributed by atoms with E-state index in [1.165, 1.54) is 6.08 Å². The zero-order chi connectivity index (χ0) is 6.69. The second-order valence-electron chi connectivity index (χ2n) is 1.65. The summed E-state index contributed by atoms with van der Waals surface area (Å²) >= 11 is 0. The molecule has 0 spiro atoms. The molecule has 1 rings (SSSR count). The van der Waals surface area contributed by atoms with Gasteiger partial charge in [-0.15, -0.1) is 6.58 Å². The number of nitrogens with one attached hydrogen (secondary N) is 1. The smallest absolute Gasteiger partial charge is 0.139 e. The molecule has 0 aliphatic carbocycles. The molecule has 1 aromatic heterocycles. The molecule has 0 saturated carbocycles. The molecule has 0 fully saturated rings. The van der Waals surface area contributed by atoms with E-state index in [1.54, 1.807) is 12.4 Å². The van der Waals surface area contributed by atoms with E-state index in [0.717, 1.165) is 0 Å². The standard InChI is InChI=1S/C6H8N2O.B/c1-2-5(9)6-7-3-4-8-6;/h2-5,9H,1H2,(H,7,8);. The number of aromatic amines is 1. The summed E-state index contributed by atoms with van der Waals surface area (Å²) in [5.41, 5.74) is 0. The molecular formula is C6H8BN2O. The molecule has 10 heavy (non-hydrogen) atoms. The Hall–Kier alpha value is -1.03. The molecule has 4 heteroatoms. The van der Waals surface area contributed by atoms with Gasteiger partial charge in [0.15, 0.2) is 0 Å². The maximum absolute atomic E-state index is 9.01. The van der Waals surface area contributed by atoms with Crippen molar-refractivity contribution in [3.8, 4) is 0 Å². The highest BCUT2D eigenvalue weighted by molar-refractivity contribution is 5.75. The maximum Gasteiger partial charge on any atom is 0.139 e. The van der Waals surface area contributed by atoms with Crippen LogP contribution in [-0.4, -0.2) is 23.5 Å². The van der Waals surface area contributed by atoms with Crippen LogP contribution in [-0.2, 0) is 0 Å². The van der Waals surface area contributed by atoms with Gasteiger partial charge in [-0.05, 0) is 0 Å². The molecule has 2 N–H and O–H groups in total. The highest BCUT2D eigenvalue weighted by Crippen LogP contribution is 2.05. The van der Waals surface area contributed by atoms with Gasteiger partial charge in [-0.3, -0.25) is 0 Å². The molecule has 51 valence electrons. The highest BCUT2D eigenvalue weighted by Gasteiger charge is 2.01. The summed E-state index contributed by atoms with van der Waals surface area (Å²) in [5.74, 6) is 0.532. The fourth-order valence-electron chi connectivity index (χ4n) is 0.551. The topological polar surface area (TPSA) is 48.9 Å². The predicted octanol–water partition coefficient (Wildman–Crippen LogP) is 0.248. The fraction of sp³-hybridized carbons (Fsp3) is 0.167. The molecule has 0 aliphatic heterocycles. The summed E-state index contributed by atoms with van der Waals surface area (Å²) in [6, 6.07) is 0. The van der Waals surface area contributed by atoms with E-state index < -0.39 is 6.10 Å². The molecule has 3 radical (unpaired) electrons. The van der Waals surface area contributed by atoms with E-state index in [9.17, 15) is 0 Å². The summed E-state index contributed by atoms with van der Waals surface area (Å²) in [7, 11) is 0. The molecule has 1 unspecified atom stereocenters. The van der Waals surface area contributed by atoms with Gasteiger partial charge >= 0.3 is 0 Å². The Bertz CT molecular complexity index is 186. The first-order chi connectivity index (χ1) is 4.34. The van der Waals surface area contributed by atoms with Crippen LogP contribution in [0, 0.1) is 0 Å². The third kappa shape index (κ3) is 1.74. The summed E-state index contributed by atoms with van der Waals surface area (Å²) in [6.07, 6.45) is 3.99. The van der Waals surface area contributed by atoms with E-state index in [-0.39, 0.29) is 8.41 Å². The quantitative estimate of drug-likeness (QED) is 0.451. The van der Waals surface area contributed by atoms with E-state index in [4.69, 9.17) is 5.11 Å². The molecular weight excluding hydrogens is 127 g/mol. The van der Waals surface area contributed by atoms with Crippen LogP contribution in [0.4, 0.5) is 0 Å². The lowest BCUT2D eigenvalue weighted by atomic mass is 10.3. The van der Waals surface area contributed by atoms with Crippen LogP contribution in [0.25, 0.3) is 0 Å². The Kier molecular flexibility index (Phi) is 3.50. The zero-order valence-corrected chi connectivity index (χ0v) is 5.49. The molecule has 0 aliphatic rings. The molecule has 0 aromatic carbocycles. The average Bonchev–Trinajstić information content (AvgIpc) is 2.37. The van der Waals surface area contributed by atoms with Crippen LogP contribution in [0.15, 0.2) is 25.0 Å². The van der Waals surface area contributed by atoms with Crippen molar-refractivity contribution in [2.75, 3.05) is 0 Å².